The Hall–Kier alpha value is -3.26. The van der Waals surface area contributed by atoms with Gasteiger partial charge in [-0.1, -0.05) is 0 Å². The molecule has 2 aliphatic rings. The number of hydrogen-bond donors (Lipinski definition) is 2. The summed E-state index contributed by atoms with van der Waals surface area (Å²) in [6.45, 7) is 6.46. The van der Waals surface area contributed by atoms with Gasteiger partial charge in [-0.15, -0.1) is 0 Å². The third-order valence-corrected chi connectivity index (χ3v) is 5.82. The molecule has 8 heteroatoms. The number of aryl methyl sites for hydroxylation is 2. The molecule has 0 aliphatic carbocycles. The van der Waals surface area contributed by atoms with Crippen molar-refractivity contribution in [3.63, 3.8) is 0 Å². The number of carbonyl (C=O) groups excluding carboxylic acids is 1. The molecule has 4 rings (SSSR count). The van der Waals surface area contributed by atoms with Crippen LogP contribution in [0.5, 0.6) is 17.2 Å². The van der Waals surface area contributed by atoms with Gasteiger partial charge in [0, 0.05) is 11.8 Å². The zero-order valence-corrected chi connectivity index (χ0v) is 18.6. The maximum absolute atomic E-state index is 12.8. The van der Waals surface area contributed by atoms with Gasteiger partial charge in [0.05, 0.1) is 24.4 Å². The number of nitrogens with one attached hydrogen (secondary N) is 1. The molecule has 7 nitrogen and oxygen atoms in total. The molecular formula is C23H24N2O5S. The van der Waals surface area contributed by atoms with Crippen molar-refractivity contribution in [1.29, 1.82) is 0 Å². The maximum atomic E-state index is 12.8. The topological polar surface area (TPSA) is 80.3 Å². The Morgan fingerprint density at radius 1 is 1.13 bits per heavy atom. The van der Waals surface area contributed by atoms with Gasteiger partial charge in [-0.05, 0) is 73.9 Å². The number of benzene rings is 2. The molecule has 2 aromatic carbocycles. The van der Waals surface area contributed by atoms with E-state index in [-0.39, 0.29) is 5.75 Å². The molecular weight excluding hydrogens is 416 g/mol. The third kappa shape index (κ3) is 3.67. The van der Waals surface area contributed by atoms with Gasteiger partial charge in [-0.3, -0.25) is 4.90 Å². The summed E-state index contributed by atoms with van der Waals surface area (Å²) in [5.41, 5.74) is 4.10. The van der Waals surface area contributed by atoms with E-state index in [0.717, 1.165) is 22.4 Å². The number of esters is 1. The van der Waals surface area contributed by atoms with Crippen molar-refractivity contribution in [2.45, 2.75) is 26.8 Å². The van der Waals surface area contributed by atoms with E-state index in [1.807, 2.05) is 51.1 Å². The summed E-state index contributed by atoms with van der Waals surface area (Å²) >= 11 is 5.69. The fourth-order valence-corrected chi connectivity index (χ4v) is 4.37. The summed E-state index contributed by atoms with van der Waals surface area (Å²) in [7, 11) is 1.36. The summed E-state index contributed by atoms with van der Waals surface area (Å²) in [6, 6.07) is 8.73. The van der Waals surface area contributed by atoms with Crippen molar-refractivity contribution in [3.8, 4) is 17.2 Å². The van der Waals surface area contributed by atoms with Gasteiger partial charge in [-0.2, -0.15) is 0 Å². The lowest BCUT2D eigenvalue weighted by Gasteiger charge is -2.38. The standard InChI is InChI=1S/C23H24N2O5S/c1-12-9-15(10-13(2)21(12)26)20-19(22(27)28-4)14(3)25(23(31)24-20)16-5-6-17-18(11-16)30-8-7-29-17/h5-6,9-11,20,26H,7-8H2,1-4H3,(H,24,31)/t20-/m1/s1. The first-order chi connectivity index (χ1) is 14.8. The minimum Gasteiger partial charge on any atom is -0.507 e. The lowest BCUT2D eigenvalue weighted by atomic mass is 9.92. The van der Waals surface area contributed by atoms with Crippen LogP contribution < -0.4 is 19.7 Å². The number of nitrogens with zero attached hydrogens (tertiary/aromatic N) is 1. The van der Waals surface area contributed by atoms with E-state index in [1.54, 1.807) is 4.90 Å². The molecule has 31 heavy (non-hydrogen) atoms. The minimum atomic E-state index is -0.508. The quantitative estimate of drug-likeness (QED) is 0.553. The molecule has 0 saturated heterocycles. The van der Waals surface area contributed by atoms with Crippen LogP contribution in [0.1, 0.15) is 29.7 Å². The smallest absolute Gasteiger partial charge is 0.337 e. The number of ether oxygens (including phenoxy) is 3. The van der Waals surface area contributed by atoms with Gasteiger partial charge in [0.15, 0.2) is 16.6 Å². The lowest BCUT2D eigenvalue weighted by Crippen LogP contribution is -2.48. The third-order valence-electron chi connectivity index (χ3n) is 5.52. The largest absolute Gasteiger partial charge is 0.507 e. The summed E-state index contributed by atoms with van der Waals surface area (Å²) in [4.78, 5) is 14.6. The van der Waals surface area contributed by atoms with E-state index in [1.165, 1.54) is 7.11 Å². The summed E-state index contributed by atoms with van der Waals surface area (Å²) in [6.07, 6.45) is 0. The Morgan fingerprint density at radius 2 is 1.77 bits per heavy atom. The van der Waals surface area contributed by atoms with Crippen molar-refractivity contribution in [3.05, 3.63) is 58.3 Å². The Kier molecular flexibility index (Phi) is 5.49. The van der Waals surface area contributed by atoms with Crippen LogP contribution in [0, 0.1) is 13.8 Å². The highest BCUT2D eigenvalue weighted by Crippen LogP contribution is 2.39. The van der Waals surface area contributed by atoms with Crippen LogP contribution in [0.3, 0.4) is 0 Å². The van der Waals surface area contributed by atoms with Gasteiger partial charge in [0.25, 0.3) is 0 Å². The number of aromatic hydroxyl groups is 1. The molecule has 0 spiro atoms. The van der Waals surface area contributed by atoms with E-state index in [4.69, 9.17) is 26.4 Å². The molecule has 2 aromatic rings. The van der Waals surface area contributed by atoms with Crippen molar-refractivity contribution >= 4 is 29.0 Å². The second-order valence-corrected chi connectivity index (χ2v) is 7.93. The van der Waals surface area contributed by atoms with E-state index >= 15 is 0 Å². The van der Waals surface area contributed by atoms with Gasteiger partial charge in [0.2, 0.25) is 0 Å². The molecule has 2 N–H and O–H groups in total. The molecule has 0 saturated carbocycles. The normalized spacial score (nSPS) is 18.0. The SMILES string of the molecule is COC(=O)C1=C(C)N(c2ccc3c(c2)OCCO3)C(=S)N[C@@H]1c1cc(C)c(O)c(C)c1. The predicted octanol–water partition coefficient (Wildman–Crippen LogP) is 3.66. The Labute approximate surface area is 186 Å². The first kappa shape index (κ1) is 21.0. The summed E-state index contributed by atoms with van der Waals surface area (Å²) in [5.74, 6) is 1.09. The van der Waals surface area contributed by atoms with Crippen molar-refractivity contribution in [2.24, 2.45) is 0 Å². The number of phenolic OH excluding ortho intramolecular Hbond substituents is 1. The number of methoxy groups -OCH3 is 1. The molecule has 162 valence electrons. The van der Waals surface area contributed by atoms with E-state index in [0.29, 0.717) is 41.1 Å². The van der Waals surface area contributed by atoms with Crippen molar-refractivity contribution in [1.82, 2.24) is 5.32 Å². The van der Waals surface area contributed by atoms with Crippen LogP contribution >= 0.6 is 12.2 Å². The van der Waals surface area contributed by atoms with Crippen LogP contribution in [0.15, 0.2) is 41.6 Å². The van der Waals surface area contributed by atoms with Gasteiger partial charge in [0.1, 0.15) is 19.0 Å². The van der Waals surface area contributed by atoms with E-state index < -0.39 is 12.0 Å². The number of allylic oxidation sites excluding steroid dienone is 1. The number of anilines is 1. The zero-order chi connectivity index (χ0) is 22.3. The molecule has 0 aromatic heterocycles. The first-order valence-corrected chi connectivity index (χ1v) is 10.3. The highest BCUT2D eigenvalue weighted by molar-refractivity contribution is 7.80. The fourth-order valence-electron chi connectivity index (χ4n) is 4.01. The number of thiocarbonyl (C=S) groups is 1. The minimum absolute atomic E-state index is 0.236. The highest BCUT2D eigenvalue weighted by atomic mass is 32.1. The molecule has 0 unspecified atom stereocenters. The monoisotopic (exact) mass is 440 g/mol. The summed E-state index contributed by atoms with van der Waals surface area (Å²) < 4.78 is 16.4. The van der Waals surface area contributed by atoms with Gasteiger partial charge < -0.3 is 24.6 Å². The molecule has 2 heterocycles. The van der Waals surface area contributed by atoms with Crippen LogP contribution in [0.25, 0.3) is 0 Å². The molecule has 1 atom stereocenters. The average molecular weight is 441 g/mol. The molecule has 0 radical (unpaired) electrons. The van der Waals surface area contributed by atoms with Crippen LogP contribution in [-0.2, 0) is 9.53 Å². The lowest BCUT2D eigenvalue weighted by molar-refractivity contribution is -0.136. The maximum Gasteiger partial charge on any atom is 0.337 e. The second kappa shape index (κ2) is 8.11. The van der Waals surface area contributed by atoms with E-state index in [2.05, 4.69) is 5.32 Å². The molecule has 2 aliphatic heterocycles. The van der Waals surface area contributed by atoms with Crippen LogP contribution in [0.2, 0.25) is 0 Å². The van der Waals surface area contributed by atoms with E-state index in [9.17, 15) is 9.90 Å². The number of carbonyl (C=O) groups is 1. The van der Waals surface area contributed by atoms with Crippen LogP contribution in [-0.4, -0.2) is 36.5 Å². The Morgan fingerprint density at radius 3 is 2.42 bits per heavy atom. The number of fused-ring (bicyclic) bond motifs is 1. The Bertz CT molecular complexity index is 1090. The number of phenols is 1. The number of hydrogen-bond acceptors (Lipinski definition) is 6. The second-order valence-electron chi connectivity index (χ2n) is 7.54. The molecule has 0 bridgehead atoms. The fraction of sp³-hybridized carbons (Fsp3) is 0.304. The number of rotatable bonds is 3. The van der Waals surface area contributed by atoms with Gasteiger partial charge in [-0.25, -0.2) is 4.79 Å². The highest BCUT2D eigenvalue weighted by Gasteiger charge is 2.36. The Balaban J connectivity index is 1.83. The summed E-state index contributed by atoms with van der Waals surface area (Å²) in [5, 5.41) is 13.9. The molecule has 0 amide bonds. The van der Waals surface area contributed by atoms with Crippen LogP contribution in [0.4, 0.5) is 5.69 Å². The zero-order valence-electron chi connectivity index (χ0n) is 17.8. The van der Waals surface area contributed by atoms with Crippen molar-refractivity contribution in [2.75, 3.05) is 25.2 Å². The first-order valence-electron chi connectivity index (χ1n) is 9.91. The average Bonchev–Trinajstić information content (AvgIpc) is 2.76. The van der Waals surface area contributed by atoms with Gasteiger partial charge >= 0.3 is 5.97 Å². The molecule has 0 fully saturated rings. The van der Waals surface area contributed by atoms with Crippen molar-refractivity contribution < 1.29 is 24.1 Å². The predicted molar refractivity (Wildman–Crippen MR) is 121 cm³/mol.